The minimum atomic E-state index is -0.331. The lowest BCUT2D eigenvalue weighted by atomic mass is 10.0. The second kappa shape index (κ2) is 35.2. The van der Waals surface area contributed by atoms with Gasteiger partial charge in [-0.1, -0.05) is 205 Å². The first-order valence-corrected chi connectivity index (χ1v) is 35.0. The van der Waals surface area contributed by atoms with E-state index in [-0.39, 0.29) is 11.9 Å². The number of carbonyl (C=O) groups is 2. The third kappa shape index (κ3) is 18.5. The number of benzene rings is 4. The molecule has 2 aliphatic heterocycles. The summed E-state index contributed by atoms with van der Waals surface area (Å²) in [5.74, 6) is 1.06. The summed E-state index contributed by atoms with van der Waals surface area (Å²) in [6.45, 7) is 10.9. The molecule has 0 fully saturated rings. The van der Waals surface area contributed by atoms with Gasteiger partial charge in [-0.25, -0.2) is 19.6 Å². The minimum Gasteiger partial charge on any atom is -0.494 e. The summed E-state index contributed by atoms with van der Waals surface area (Å²) in [5.41, 5.74) is 12.2. The highest BCUT2D eigenvalue weighted by Gasteiger charge is 2.21. The second-order valence-electron chi connectivity index (χ2n) is 23.5. The van der Waals surface area contributed by atoms with Gasteiger partial charge in [-0.05, 0) is 145 Å². The van der Waals surface area contributed by atoms with Crippen LogP contribution in [0, 0.1) is 0 Å². The Morgan fingerprint density at radius 1 is 0.307 bits per heavy atom. The Morgan fingerprint density at radius 3 is 0.852 bits per heavy atom. The van der Waals surface area contributed by atoms with Gasteiger partial charge in [-0.3, -0.25) is 0 Å². The van der Waals surface area contributed by atoms with Crippen molar-refractivity contribution in [3.63, 3.8) is 0 Å². The Kier molecular flexibility index (Phi) is 26.1. The number of aromatic nitrogens is 2. The van der Waals surface area contributed by atoms with E-state index >= 15 is 0 Å². The monoisotopic (exact) mass is 1220 g/mol. The van der Waals surface area contributed by atoms with Crippen LogP contribution in [0.2, 0.25) is 0 Å². The number of carbonyl (C=O) groups excluding carboxylic acids is 2. The topological polar surface area (TPSA) is 96.8 Å². The van der Waals surface area contributed by atoms with E-state index in [9.17, 15) is 9.59 Å². The molecule has 0 radical (unpaired) electrons. The summed E-state index contributed by atoms with van der Waals surface area (Å²) < 4.78 is 28.2. The number of hydrogen-bond acceptors (Lipinski definition) is 10. The van der Waals surface area contributed by atoms with Crippen molar-refractivity contribution in [3.05, 3.63) is 155 Å². The Hall–Kier alpha value is -7.14. The Balaban J connectivity index is 1.13. The zero-order valence-electron chi connectivity index (χ0n) is 52.8. The van der Waals surface area contributed by atoms with E-state index in [1.54, 1.807) is 22.7 Å². The van der Waals surface area contributed by atoms with Crippen molar-refractivity contribution >= 4 is 77.7 Å². The molecule has 8 nitrogen and oxygen atoms in total. The van der Waals surface area contributed by atoms with Gasteiger partial charge in [-0.15, -0.1) is 22.7 Å². The lowest BCUT2D eigenvalue weighted by Gasteiger charge is -2.09. The first kappa shape index (κ1) is 65.3. The summed E-state index contributed by atoms with van der Waals surface area (Å²) >= 11 is 3.40. The van der Waals surface area contributed by atoms with Crippen molar-refractivity contribution in [3.8, 4) is 56.0 Å². The van der Waals surface area contributed by atoms with Gasteiger partial charge in [0.15, 0.2) is 0 Å². The van der Waals surface area contributed by atoms with Crippen LogP contribution in [0.3, 0.4) is 0 Å². The first-order valence-electron chi connectivity index (χ1n) is 33.3. The maximum absolute atomic E-state index is 13.2. The highest BCUT2D eigenvalue weighted by atomic mass is 32.1. The lowest BCUT2D eigenvalue weighted by Crippen LogP contribution is -2.06. The van der Waals surface area contributed by atoms with E-state index in [0.29, 0.717) is 37.6 Å². The van der Waals surface area contributed by atoms with Crippen molar-refractivity contribution in [2.24, 2.45) is 0 Å². The van der Waals surface area contributed by atoms with Gasteiger partial charge in [-0.2, -0.15) is 0 Å². The molecular formula is C78H92N2O6S2. The standard InChI is InChI=1S/C78H92N2O6S2/c1-5-9-13-15-17-19-21-23-25-27-55-83-63-41-37-59(38-42-63)75-67-47-45-65(79-67)73(57-29-33-61(34-30-57)77(81)85-53-11-7-3)69-49-50-70(87-69)74(58-31-35-62(36-32-58)78(82)86-54-12-8-4)66-46-48-68(80-66)76(72-52-51-71(75)88-72)60-39-43-64(44-40-60)84-56-28-26-24-22-20-18-16-14-10-6-2/h29-52H,5-28,53-56H2,1-4H3. The van der Waals surface area contributed by atoms with E-state index in [0.717, 1.165) is 136 Å². The average molecular weight is 1220 g/mol. The fourth-order valence-electron chi connectivity index (χ4n) is 11.5. The molecule has 0 saturated heterocycles. The molecule has 0 spiro atoms. The van der Waals surface area contributed by atoms with Crippen LogP contribution < -0.4 is 9.47 Å². The van der Waals surface area contributed by atoms with Crippen LogP contribution in [0.15, 0.2) is 121 Å². The molecule has 0 aliphatic carbocycles. The molecule has 88 heavy (non-hydrogen) atoms. The maximum atomic E-state index is 13.2. The number of fused-ring (bicyclic) bond motifs is 8. The molecule has 0 saturated carbocycles. The van der Waals surface area contributed by atoms with Crippen LogP contribution in [-0.4, -0.2) is 48.3 Å². The fourth-order valence-corrected chi connectivity index (χ4v) is 13.8. The molecule has 2 aliphatic rings. The van der Waals surface area contributed by atoms with Crippen molar-refractivity contribution < 1.29 is 28.5 Å². The van der Waals surface area contributed by atoms with Gasteiger partial charge < -0.3 is 18.9 Å². The van der Waals surface area contributed by atoms with Crippen molar-refractivity contribution in [1.82, 2.24) is 9.97 Å². The summed E-state index contributed by atoms with van der Waals surface area (Å²) in [6.07, 6.45) is 37.7. The first-order chi connectivity index (χ1) is 43.3. The molecule has 5 heterocycles. The van der Waals surface area contributed by atoms with Crippen molar-refractivity contribution in [1.29, 1.82) is 0 Å². The number of esters is 2. The molecule has 9 rings (SSSR count). The molecule has 462 valence electrons. The molecule has 4 aromatic carbocycles. The van der Waals surface area contributed by atoms with Crippen molar-refractivity contribution in [2.45, 2.75) is 182 Å². The Morgan fingerprint density at radius 2 is 0.568 bits per heavy atom. The third-order valence-electron chi connectivity index (χ3n) is 16.6. The van der Waals surface area contributed by atoms with Gasteiger partial charge in [0.05, 0.1) is 60.3 Å². The van der Waals surface area contributed by atoms with Crippen LogP contribution in [0.25, 0.3) is 87.6 Å². The van der Waals surface area contributed by atoms with Gasteiger partial charge in [0, 0.05) is 41.1 Å². The number of unbranched alkanes of at least 4 members (excludes halogenated alkanes) is 20. The smallest absolute Gasteiger partial charge is 0.338 e. The SMILES string of the molecule is CCCCCCCCCCCCOc1ccc(-c2c3nc(c(-c4ccc(C(=O)OCCCC)cc4)c4ccc(s4)c(-c4ccc(C(=O)OCCCC)cc4)c4nc(c(-c5ccc(OCCCCCCCCCCCC)cc5)c5ccc2s5)C=C4)C=C3)cc1. The largest absolute Gasteiger partial charge is 0.494 e. The van der Waals surface area contributed by atoms with E-state index < -0.39 is 0 Å². The third-order valence-corrected chi connectivity index (χ3v) is 18.8. The van der Waals surface area contributed by atoms with Crippen LogP contribution in [0.5, 0.6) is 11.5 Å². The molecule has 0 unspecified atom stereocenters. The van der Waals surface area contributed by atoms with Crippen LogP contribution in [-0.2, 0) is 9.47 Å². The molecule has 10 heteroatoms. The van der Waals surface area contributed by atoms with Gasteiger partial charge in [0.25, 0.3) is 0 Å². The molecule has 0 atom stereocenters. The lowest BCUT2D eigenvalue weighted by molar-refractivity contribution is 0.0490. The van der Waals surface area contributed by atoms with Crippen molar-refractivity contribution in [2.75, 3.05) is 26.4 Å². The predicted molar refractivity (Wildman–Crippen MR) is 373 cm³/mol. The number of hydrogen-bond donors (Lipinski definition) is 0. The number of nitrogens with zero attached hydrogens (tertiary/aromatic N) is 2. The number of ether oxygens (including phenoxy) is 4. The molecule has 7 aromatic rings. The Labute approximate surface area is 532 Å². The molecule has 0 N–H and O–H groups in total. The summed E-state index contributed by atoms with van der Waals surface area (Å²) in [4.78, 5) is 37.6. The Bertz CT molecular complexity index is 3330. The highest BCUT2D eigenvalue weighted by molar-refractivity contribution is 7.24. The molecule has 8 bridgehead atoms. The van der Waals surface area contributed by atoms with Gasteiger partial charge in [0.2, 0.25) is 0 Å². The number of thiophene rings is 2. The zero-order valence-corrected chi connectivity index (χ0v) is 54.4. The van der Waals surface area contributed by atoms with E-state index in [2.05, 4.69) is 125 Å². The number of rotatable bonds is 36. The minimum absolute atomic E-state index is 0.331. The summed E-state index contributed by atoms with van der Waals surface area (Å²) in [6, 6.07) is 41.3. The average Bonchev–Trinajstić information content (AvgIpc) is 4.04. The second-order valence-corrected chi connectivity index (χ2v) is 25.7. The van der Waals surface area contributed by atoms with E-state index in [1.165, 1.54) is 116 Å². The normalized spacial score (nSPS) is 11.8. The summed E-state index contributed by atoms with van der Waals surface area (Å²) in [7, 11) is 0. The van der Waals surface area contributed by atoms with Crippen LogP contribution in [0.1, 0.15) is 225 Å². The molecule has 3 aromatic heterocycles. The van der Waals surface area contributed by atoms with E-state index in [1.807, 2.05) is 48.5 Å². The summed E-state index contributed by atoms with van der Waals surface area (Å²) in [5, 5.41) is 0. The van der Waals surface area contributed by atoms with Gasteiger partial charge in [0.1, 0.15) is 11.5 Å². The zero-order chi connectivity index (χ0) is 61.1. The maximum Gasteiger partial charge on any atom is 0.338 e. The highest BCUT2D eigenvalue weighted by Crippen LogP contribution is 2.44. The predicted octanol–water partition coefficient (Wildman–Crippen LogP) is 23.3. The van der Waals surface area contributed by atoms with E-state index in [4.69, 9.17) is 28.9 Å². The quantitative estimate of drug-likeness (QED) is 0.0283. The fraction of sp³-hybridized carbons (Fsp3) is 0.410. The molecule has 0 amide bonds. The van der Waals surface area contributed by atoms with Crippen LogP contribution in [0.4, 0.5) is 0 Å². The van der Waals surface area contributed by atoms with Crippen LogP contribution >= 0.6 is 22.7 Å². The molecular weight excluding hydrogens is 1120 g/mol. The van der Waals surface area contributed by atoms with Gasteiger partial charge >= 0.3 is 11.9 Å².